The van der Waals surface area contributed by atoms with E-state index in [1.54, 1.807) is 0 Å². The molecule has 0 radical (unpaired) electrons. The maximum atomic E-state index is 12.0. The number of unbranched alkanes of at least 4 members (excludes halogenated alkanes) is 2. The lowest BCUT2D eigenvalue weighted by Crippen LogP contribution is -2.06. The summed E-state index contributed by atoms with van der Waals surface area (Å²) in [5, 5.41) is 12.5. The molecule has 1 N–H and O–H groups in total. The van der Waals surface area contributed by atoms with Gasteiger partial charge in [0.2, 0.25) is 5.89 Å². The Bertz CT molecular complexity index is 512. The molecule has 1 heterocycles. The molecule has 0 aliphatic carbocycles. The van der Waals surface area contributed by atoms with E-state index in [1.165, 1.54) is 0 Å². The standard InChI is InChI=1S/C14H19F3N2O3/c1-9(6-4-3-5-7-14(15,16)17)12-18-11(22-19-12)8-10(2)13(20)21/h9H,2-8H2,1H3,(H,20,21). The molecule has 5 nitrogen and oxygen atoms in total. The molecule has 0 aliphatic heterocycles. The summed E-state index contributed by atoms with van der Waals surface area (Å²) in [7, 11) is 0. The lowest BCUT2D eigenvalue weighted by atomic mass is 10.0. The zero-order chi connectivity index (χ0) is 16.8. The van der Waals surface area contributed by atoms with Crippen LogP contribution in [-0.4, -0.2) is 27.4 Å². The van der Waals surface area contributed by atoms with E-state index in [0.29, 0.717) is 25.1 Å². The molecule has 124 valence electrons. The molecule has 0 bridgehead atoms. The summed E-state index contributed by atoms with van der Waals surface area (Å²) < 4.78 is 40.9. The third-order valence-electron chi connectivity index (χ3n) is 3.19. The van der Waals surface area contributed by atoms with Crippen molar-refractivity contribution in [3.63, 3.8) is 0 Å². The van der Waals surface area contributed by atoms with E-state index in [4.69, 9.17) is 9.63 Å². The molecule has 0 saturated heterocycles. The van der Waals surface area contributed by atoms with E-state index in [1.807, 2.05) is 6.92 Å². The van der Waals surface area contributed by atoms with Gasteiger partial charge in [-0.15, -0.1) is 0 Å². The molecule has 0 fully saturated rings. The maximum Gasteiger partial charge on any atom is 0.389 e. The molecule has 1 unspecified atom stereocenters. The SMILES string of the molecule is C=C(Cc1nc(C(C)CCCCCC(F)(F)F)no1)C(=O)O. The number of hydrogen-bond donors (Lipinski definition) is 1. The van der Waals surface area contributed by atoms with E-state index in [2.05, 4.69) is 16.7 Å². The van der Waals surface area contributed by atoms with Crippen molar-refractivity contribution in [1.82, 2.24) is 10.1 Å². The number of carboxylic acid groups (broad SMARTS) is 1. The number of alkyl halides is 3. The summed E-state index contributed by atoms with van der Waals surface area (Å²) in [6.45, 7) is 5.23. The number of aliphatic carboxylic acids is 1. The van der Waals surface area contributed by atoms with Crippen molar-refractivity contribution in [2.45, 2.75) is 57.5 Å². The minimum atomic E-state index is -4.10. The average Bonchev–Trinajstić information content (AvgIpc) is 2.85. The number of aromatic nitrogens is 2. The van der Waals surface area contributed by atoms with Crippen molar-refractivity contribution in [1.29, 1.82) is 0 Å². The zero-order valence-electron chi connectivity index (χ0n) is 12.3. The van der Waals surface area contributed by atoms with Crippen molar-refractivity contribution < 1.29 is 27.6 Å². The third kappa shape index (κ3) is 6.73. The normalized spacial score (nSPS) is 13.1. The maximum absolute atomic E-state index is 12.0. The summed E-state index contributed by atoms with van der Waals surface area (Å²) in [5.74, 6) is -0.575. The van der Waals surface area contributed by atoms with Gasteiger partial charge in [0.1, 0.15) is 0 Å². The lowest BCUT2D eigenvalue weighted by Gasteiger charge is -2.07. The number of rotatable bonds is 9. The van der Waals surface area contributed by atoms with Crippen molar-refractivity contribution in [2.75, 3.05) is 0 Å². The van der Waals surface area contributed by atoms with Crippen molar-refractivity contribution in [3.8, 4) is 0 Å². The Labute approximate surface area is 126 Å². The highest BCUT2D eigenvalue weighted by Gasteiger charge is 2.25. The fourth-order valence-electron chi connectivity index (χ4n) is 1.88. The molecule has 0 spiro atoms. The van der Waals surface area contributed by atoms with Gasteiger partial charge < -0.3 is 9.63 Å². The smallest absolute Gasteiger partial charge is 0.389 e. The fourth-order valence-corrected chi connectivity index (χ4v) is 1.88. The van der Waals surface area contributed by atoms with Crippen LogP contribution in [0.5, 0.6) is 0 Å². The summed E-state index contributed by atoms with van der Waals surface area (Å²) in [5.41, 5.74) is -0.0463. The van der Waals surface area contributed by atoms with Gasteiger partial charge in [-0.1, -0.05) is 31.5 Å². The highest BCUT2D eigenvalue weighted by Crippen LogP contribution is 2.25. The Morgan fingerprint density at radius 2 is 2.05 bits per heavy atom. The molecule has 0 aliphatic rings. The predicted molar refractivity (Wildman–Crippen MR) is 72.3 cm³/mol. The molecular formula is C14H19F3N2O3. The van der Waals surface area contributed by atoms with Crippen LogP contribution >= 0.6 is 0 Å². The summed E-state index contributed by atoms with van der Waals surface area (Å²) in [4.78, 5) is 14.7. The van der Waals surface area contributed by atoms with Crippen molar-refractivity contribution >= 4 is 5.97 Å². The molecule has 8 heteroatoms. The van der Waals surface area contributed by atoms with Crippen LogP contribution in [0, 0.1) is 0 Å². The van der Waals surface area contributed by atoms with Gasteiger partial charge in [-0.2, -0.15) is 18.2 Å². The summed E-state index contributed by atoms with van der Waals surface area (Å²) >= 11 is 0. The minimum Gasteiger partial charge on any atom is -0.478 e. The second-order valence-electron chi connectivity index (χ2n) is 5.25. The highest BCUT2D eigenvalue weighted by molar-refractivity contribution is 5.86. The Balaban J connectivity index is 2.34. The Morgan fingerprint density at radius 3 is 2.64 bits per heavy atom. The number of carboxylic acids is 1. The van der Waals surface area contributed by atoms with Crippen LogP contribution in [0.1, 0.15) is 56.7 Å². The van der Waals surface area contributed by atoms with Crippen LogP contribution in [0.4, 0.5) is 13.2 Å². The van der Waals surface area contributed by atoms with Gasteiger partial charge in [0.25, 0.3) is 0 Å². The van der Waals surface area contributed by atoms with E-state index >= 15 is 0 Å². The van der Waals surface area contributed by atoms with Crippen molar-refractivity contribution in [3.05, 3.63) is 23.9 Å². The summed E-state index contributed by atoms with van der Waals surface area (Å²) in [6.07, 6.45) is -2.98. The molecule has 0 saturated carbocycles. The second kappa shape index (κ2) is 7.95. The van der Waals surface area contributed by atoms with Gasteiger partial charge in [-0.05, 0) is 12.8 Å². The zero-order valence-corrected chi connectivity index (χ0v) is 12.3. The number of carbonyl (C=O) groups is 1. The first-order chi connectivity index (χ1) is 10.2. The van der Waals surface area contributed by atoms with Gasteiger partial charge in [0.15, 0.2) is 5.82 Å². The van der Waals surface area contributed by atoms with Gasteiger partial charge in [0.05, 0.1) is 6.42 Å². The molecule has 1 aromatic rings. The number of hydrogen-bond acceptors (Lipinski definition) is 4. The molecule has 22 heavy (non-hydrogen) atoms. The monoisotopic (exact) mass is 320 g/mol. The average molecular weight is 320 g/mol. The van der Waals surface area contributed by atoms with Crippen LogP contribution in [-0.2, 0) is 11.2 Å². The van der Waals surface area contributed by atoms with Crippen LogP contribution < -0.4 is 0 Å². The van der Waals surface area contributed by atoms with E-state index < -0.39 is 18.6 Å². The Kier molecular flexibility index (Phi) is 6.58. The second-order valence-corrected chi connectivity index (χ2v) is 5.25. The van der Waals surface area contributed by atoms with Crippen LogP contribution in [0.3, 0.4) is 0 Å². The first-order valence-electron chi connectivity index (χ1n) is 6.99. The van der Waals surface area contributed by atoms with E-state index in [-0.39, 0.29) is 30.2 Å². The third-order valence-corrected chi connectivity index (χ3v) is 3.19. The summed E-state index contributed by atoms with van der Waals surface area (Å²) in [6, 6.07) is 0. The number of nitrogens with zero attached hydrogens (tertiary/aromatic N) is 2. The molecule has 0 aromatic carbocycles. The molecule has 1 rings (SSSR count). The van der Waals surface area contributed by atoms with Gasteiger partial charge in [-0.3, -0.25) is 0 Å². The largest absolute Gasteiger partial charge is 0.478 e. The van der Waals surface area contributed by atoms with Crippen LogP contribution in [0.2, 0.25) is 0 Å². The fraction of sp³-hybridized carbons (Fsp3) is 0.643. The topological polar surface area (TPSA) is 76.2 Å². The van der Waals surface area contributed by atoms with Gasteiger partial charge >= 0.3 is 12.1 Å². The highest BCUT2D eigenvalue weighted by atomic mass is 19.4. The molecule has 0 amide bonds. The van der Waals surface area contributed by atoms with E-state index in [0.717, 1.165) is 0 Å². The van der Waals surface area contributed by atoms with Gasteiger partial charge in [0, 0.05) is 17.9 Å². The lowest BCUT2D eigenvalue weighted by molar-refractivity contribution is -0.135. The molecular weight excluding hydrogens is 301 g/mol. The molecule has 1 aromatic heterocycles. The Morgan fingerprint density at radius 1 is 1.36 bits per heavy atom. The quantitative estimate of drug-likeness (QED) is 0.552. The number of halogens is 3. The van der Waals surface area contributed by atoms with E-state index in [9.17, 15) is 18.0 Å². The van der Waals surface area contributed by atoms with Crippen LogP contribution in [0.15, 0.2) is 16.7 Å². The van der Waals surface area contributed by atoms with Gasteiger partial charge in [-0.25, -0.2) is 4.79 Å². The van der Waals surface area contributed by atoms with Crippen LogP contribution in [0.25, 0.3) is 0 Å². The Hall–Kier alpha value is -1.86. The minimum absolute atomic E-state index is 0.0271. The first-order valence-corrected chi connectivity index (χ1v) is 6.99. The molecule has 1 atom stereocenters. The first kappa shape index (κ1) is 18.2. The van der Waals surface area contributed by atoms with Crippen molar-refractivity contribution in [2.24, 2.45) is 0 Å². The predicted octanol–water partition coefficient (Wildman–Crippen LogP) is 3.87.